The van der Waals surface area contributed by atoms with Crippen molar-refractivity contribution in [3.05, 3.63) is 23.8 Å². The molecule has 1 unspecified atom stereocenters. The van der Waals surface area contributed by atoms with E-state index < -0.39 is 0 Å². The fourth-order valence-electron chi connectivity index (χ4n) is 2.72. The lowest BCUT2D eigenvalue weighted by atomic mass is 10.2. The summed E-state index contributed by atoms with van der Waals surface area (Å²) in [4.78, 5) is 2.32. The zero-order valence-corrected chi connectivity index (χ0v) is 13.0. The highest BCUT2D eigenvalue weighted by molar-refractivity contribution is 5.40. The van der Waals surface area contributed by atoms with Gasteiger partial charge < -0.3 is 24.8 Å². The lowest BCUT2D eigenvalue weighted by molar-refractivity contribution is 0.123. The summed E-state index contributed by atoms with van der Waals surface area (Å²) in [5.41, 5.74) is 1.03. The van der Waals surface area contributed by atoms with Gasteiger partial charge in [0.1, 0.15) is 11.5 Å². The maximum atomic E-state index is 10.1. The van der Waals surface area contributed by atoms with Crippen molar-refractivity contribution in [1.29, 1.82) is 0 Å². The first kappa shape index (κ1) is 16.1. The van der Waals surface area contributed by atoms with Crippen LogP contribution in [0.2, 0.25) is 0 Å². The molecule has 2 rings (SSSR count). The second-order valence-electron chi connectivity index (χ2n) is 5.47. The van der Waals surface area contributed by atoms with Gasteiger partial charge in [0.2, 0.25) is 0 Å². The third kappa shape index (κ3) is 4.88. The van der Waals surface area contributed by atoms with Crippen molar-refractivity contribution in [2.45, 2.75) is 25.5 Å². The Morgan fingerprint density at radius 1 is 1.24 bits per heavy atom. The predicted molar refractivity (Wildman–Crippen MR) is 82.9 cm³/mol. The average Bonchev–Trinajstić information content (AvgIpc) is 3.00. The van der Waals surface area contributed by atoms with Gasteiger partial charge in [0, 0.05) is 25.2 Å². The van der Waals surface area contributed by atoms with Crippen LogP contribution in [-0.2, 0) is 6.54 Å². The molecule has 1 heterocycles. The number of nitrogens with zero attached hydrogens (tertiary/aromatic N) is 1. The number of aliphatic hydroxyl groups is 1. The predicted octanol–water partition coefficient (Wildman–Crippen LogP) is 1.25. The summed E-state index contributed by atoms with van der Waals surface area (Å²) in [6, 6.07) is 5.74. The molecule has 0 spiro atoms. The third-order valence-corrected chi connectivity index (χ3v) is 3.85. The van der Waals surface area contributed by atoms with Crippen LogP contribution in [0.25, 0.3) is 0 Å². The van der Waals surface area contributed by atoms with E-state index in [9.17, 15) is 5.11 Å². The molecule has 1 aliphatic heterocycles. The molecule has 1 atom stereocenters. The number of likely N-dealkylation sites (tertiary alicyclic amines) is 1. The minimum absolute atomic E-state index is 0.334. The zero-order valence-electron chi connectivity index (χ0n) is 13.0. The third-order valence-electron chi connectivity index (χ3n) is 3.85. The highest BCUT2D eigenvalue weighted by atomic mass is 16.5. The molecule has 0 radical (unpaired) electrons. The number of β-amino-alcohol motifs (C(OH)–C–C–N with tert-alkyl or cyclic N) is 1. The fourth-order valence-corrected chi connectivity index (χ4v) is 2.72. The van der Waals surface area contributed by atoms with E-state index in [0.29, 0.717) is 13.1 Å². The Balaban J connectivity index is 1.79. The second-order valence-corrected chi connectivity index (χ2v) is 5.47. The van der Waals surface area contributed by atoms with Crippen LogP contribution < -0.4 is 14.8 Å². The number of rotatable bonds is 8. The number of hydrogen-bond donors (Lipinski definition) is 2. The molecule has 1 aromatic carbocycles. The van der Waals surface area contributed by atoms with Gasteiger partial charge in [-0.05, 0) is 44.1 Å². The first-order valence-corrected chi connectivity index (χ1v) is 7.55. The summed E-state index contributed by atoms with van der Waals surface area (Å²) in [5, 5.41) is 13.3. The van der Waals surface area contributed by atoms with Crippen molar-refractivity contribution in [1.82, 2.24) is 10.2 Å². The minimum Gasteiger partial charge on any atom is -0.497 e. The minimum atomic E-state index is -0.334. The Bertz CT molecular complexity index is 434. The van der Waals surface area contributed by atoms with Gasteiger partial charge in [-0.3, -0.25) is 0 Å². The standard InChI is InChI=1S/C16H26N2O3/c1-20-15-5-6-16(21-2)13(9-15)10-17-11-14(19)12-18-7-3-4-8-18/h5-6,9,14,17,19H,3-4,7-8,10-12H2,1-2H3. The van der Waals surface area contributed by atoms with Gasteiger partial charge in [-0.25, -0.2) is 0 Å². The molecule has 0 saturated carbocycles. The van der Waals surface area contributed by atoms with E-state index in [1.165, 1.54) is 12.8 Å². The molecule has 1 saturated heterocycles. The molecule has 0 aromatic heterocycles. The molecular weight excluding hydrogens is 268 g/mol. The molecule has 1 fully saturated rings. The summed E-state index contributed by atoms with van der Waals surface area (Å²) in [7, 11) is 3.31. The molecule has 1 aliphatic rings. The van der Waals surface area contributed by atoms with E-state index in [1.54, 1.807) is 14.2 Å². The molecule has 5 heteroatoms. The van der Waals surface area contributed by atoms with Crippen molar-refractivity contribution in [2.75, 3.05) is 40.4 Å². The molecule has 21 heavy (non-hydrogen) atoms. The molecule has 0 bridgehead atoms. The van der Waals surface area contributed by atoms with Crippen LogP contribution in [0, 0.1) is 0 Å². The molecular formula is C16H26N2O3. The van der Waals surface area contributed by atoms with E-state index in [1.807, 2.05) is 18.2 Å². The summed E-state index contributed by atoms with van der Waals surface area (Å²) in [6.45, 7) is 4.21. The van der Waals surface area contributed by atoms with Gasteiger partial charge in [-0.2, -0.15) is 0 Å². The van der Waals surface area contributed by atoms with Gasteiger partial charge in [0.15, 0.2) is 0 Å². The number of aliphatic hydroxyl groups excluding tert-OH is 1. The molecule has 5 nitrogen and oxygen atoms in total. The zero-order chi connectivity index (χ0) is 15.1. The van der Waals surface area contributed by atoms with E-state index >= 15 is 0 Å². The van der Waals surface area contributed by atoms with Crippen molar-refractivity contribution >= 4 is 0 Å². The highest BCUT2D eigenvalue weighted by Gasteiger charge is 2.15. The van der Waals surface area contributed by atoms with Gasteiger partial charge in [-0.15, -0.1) is 0 Å². The highest BCUT2D eigenvalue weighted by Crippen LogP contribution is 2.23. The normalized spacial score (nSPS) is 16.9. The van der Waals surface area contributed by atoms with E-state index in [0.717, 1.165) is 36.7 Å². The van der Waals surface area contributed by atoms with Crippen LogP contribution in [0.15, 0.2) is 18.2 Å². The largest absolute Gasteiger partial charge is 0.497 e. The molecule has 0 aliphatic carbocycles. The second kappa shape index (κ2) is 8.22. The van der Waals surface area contributed by atoms with Crippen molar-refractivity contribution in [3.8, 4) is 11.5 Å². The average molecular weight is 294 g/mol. The van der Waals surface area contributed by atoms with E-state index in [-0.39, 0.29) is 6.10 Å². The maximum Gasteiger partial charge on any atom is 0.123 e. The quantitative estimate of drug-likeness (QED) is 0.756. The number of benzene rings is 1. The summed E-state index contributed by atoms with van der Waals surface area (Å²) < 4.78 is 10.6. The van der Waals surface area contributed by atoms with Crippen LogP contribution in [0.1, 0.15) is 18.4 Å². The Morgan fingerprint density at radius 2 is 2.00 bits per heavy atom. The number of hydrogen-bond acceptors (Lipinski definition) is 5. The number of ether oxygens (including phenoxy) is 2. The van der Waals surface area contributed by atoms with E-state index in [2.05, 4.69) is 10.2 Å². The Morgan fingerprint density at radius 3 is 2.67 bits per heavy atom. The van der Waals surface area contributed by atoms with Gasteiger partial charge in [-0.1, -0.05) is 0 Å². The lowest BCUT2D eigenvalue weighted by Crippen LogP contribution is -2.36. The van der Waals surface area contributed by atoms with Crippen LogP contribution in [0.4, 0.5) is 0 Å². The smallest absolute Gasteiger partial charge is 0.123 e. The van der Waals surface area contributed by atoms with Gasteiger partial charge >= 0.3 is 0 Å². The molecule has 2 N–H and O–H groups in total. The van der Waals surface area contributed by atoms with E-state index in [4.69, 9.17) is 9.47 Å². The number of nitrogens with one attached hydrogen (secondary N) is 1. The first-order chi connectivity index (χ1) is 10.2. The first-order valence-electron chi connectivity index (χ1n) is 7.55. The maximum absolute atomic E-state index is 10.1. The number of methoxy groups -OCH3 is 2. The summed E-state index contributed by atoms with van der Waals surface area (Å²) in [6.07, 6.45) is 2.17. The Hall–Kier alpha value is -1.30. The van der Waals surface area contributed by atoms with Crippen LogP contribution in [0.3, 0.4) is 0 Å². The van der Waals surface area contributed by atoms with Gasteiger partial charge in [0.25, 0.3) is 0 Å². The summed E-state index contributed by atoms with van der Waals surface area (Å²) >= 11 is 0. The van der Waals surface area contributed by atoms with Crippen molar-refractivity contribution in [3.63, 3.8) is 0 Å². The van der Waals surface area contributed by atoms with Crippen LogP contribution in [0.5, 0.6) is 11.5 Å². The molecule has 118 valence electrons. The SMILES string of the molecule is COc1ccc(OC)c(CNCC(O)CN2CCCC2)c1. The van der Waals surface area contributed by atoms with Crippen LogP contribution in [-0.4, -0.2) is 56.5 Å². The van der Waals surface area contributed by atoms with Crippen molar-refractivity contribution in [2.24, 2.45) is 0 Å². The van der Waals surface area contributed by atoms with Crippen LogP contribution >= 0.6 is 0 Å². The fraction of sp³-hybridized carbons (Fsp3) is 0.625. The topological polar surface area (TPSA) is 54.0 Å². The molecule has 0 amide bonds. The lowest BCUT2D eigenvalue weighted by Gasteiger charge is -2.20. The van der Waals surface area contributed by atoms with Crippen molar-refractivity contribution < 1.29 is 14.6 Å². The Kier molecular flexibility index (Phi) is 6.29. The monoisotopic (exact) mass is 294 g/mol. The van der Waals surface area contributed by atoms with Gasteiger partial charge in [0.05, 0.1) is 20.3 Å². The Labute approximate surface area is 126 Å². The summed E-state index contributed by atoms with van der Waals surface area (Å²) in [5.74, 6) is 1.64. The molecule has 1 aromatic rings.